The van der Waals surface area contributed by atoms with E-state index in [4.69, 9.17) is 0 Å². The molecule has 0 amide bonds. The summed E-state index contributed by atoms with van der Waals surface area (Å²) in [6, 6.07) is 9.91. The van der Waals surface area contributed by atoms with Crippen LogP contribution in [0.4, 0.5) is 10.2 Å². The molecule has 1 aromatic carbocycles. The first-order valence-electron chi connectivity index (χ1n) is 8.79. The number of fused-ring (bicyclic) bond motifs is 2. The third kappa shape index (κ3) is 2.71. The van der Waals surface area contributed by atoms with Crippen molar-refractivity contribution in [1.29, 1.82) is 0 Å². The minimum Gasteiger partial charge on any atom is -0.351 e. The second kappa shape index (κ2) is 6.11. The highest BCUT2D eigenvalue weighted by atomic mass is 19.1. The largest absolute Gasteiger partial charge is 0.351 e. The van der Waals surface area contributed by atoms with Gasteiger partial charge in [0.2, 0.25) is 0 Å². The molecular formula is C18H17FN8. The number of halogens is 1. The zero-order valence-corrected chi connectivity index (χ0v) is 14.7. The molecule has 0 unspecified atom stereocenters. The van der Waals surface area contributed by atoms with Gasteiger partial charge in [0.1, 0.15) is 17.5 Å². The molecule has 0 radical (unpaired) electrons. The van der Waals surface area contributed by atoms with E-state index in [2.05, 4.69) is 30.1 Å². The molecule has 0 atom stereocenters. The van der Waals surface area contributed by atoms with Crippen LogP contribution in [0.3, 0.4) is 0 Å². The average Bonchev–Trinajstić information content (AvgIpc) is 3.39. The van der Waals surface area contributed by atoms with Crippen LogP contribution in [0.15, 0.2) is 36.4 Å². The van der Waals surface area contributed by atoms with Crippen molar-refractivity contribution in [1.82, 2.24) is 34.6 Å². The Labute approximate surface area is 154 Å². The van der Waals surface area contributed by atoms with Crippen molar-refractivity contribution in [2.24, 2.45) is 0 Å². The van der Waals surface area contributed by atoms with Crippen LogP contribution >= 0.6 is 0 Å². The minimum absolute atomic E-state index is 0.290. The van der Waals surface area contributed by atoms with Crippen LogP contribution in [0.5, 0.6) is 0 Å². The van der Waals surface area contributed by atoms with Crippen LogP contribution < -0.4 is 4.90 Å². The molecular weight excluding hydrogens is 347 g/mol. The molecule has 0 spiro atoms. The monoisotopic (exact) mass is 364 g/mol. The van der Waals surface area contributed by atoms with Crippen molar-refractivity contribution in [3.8, 4) is 11.4 Å². The number of nitrogens with zero attached hydrogens (tertiary/aromatic N) is 8. The van der Waals surface area contributed by atoms with Gasteiger partial charge in [-0.3, -0.25) is 0 Å². The molecule has 136 valence electrons. The van der Waals surface area contributed by atoms with Gasteiger partial charge in [0.15, 0.2) is 17.3 Å². The van der Waals surface area contributed by atoms with Crippen molar-refractivity contribution < 1.29 is 4.39 Å². The van der Waals surface area contributed by atoms with Gasteiger partial charge < -0.3 is 9.47 Å². The van der Waals surface area contributed by atoms with Gasteiger partial charge in [-0.2, -0.15) is 4.52 Å². The molecule has 27 heavy (non-hydrogen) atoms. The number of anilines is 1. The van der Waals surface area contributed by atoms with Gasteiger partial charge in [0, 0.05) is 25.6 Å². The van der Waals surface area contributed by atoms with E-state index in [1.165, 1.54) is 12.1 Å². The van der Waals surface area contributed by atoms with Crippen molar-refractivity contribution in [2.45, 2.75) is 25.9 Å². The quantitative estimate of drug-likeness (QED) is 0.552. The summed E-state index contributed by atoms with van der Waals surface area (Å²) in [7, 11) is 1.96. The van der Waals surface area contributed by atoms with Crippen molar-refractivity contribution >= 4 is 11.5 Å². The number of rotatable bonds is 4. The number of aromatic nitrogens is 7. The molecule has 3 aromatic heterocycles. The lowest BCUT2D eigenvalue weighted by molar-refractivity contribution is 0.628. The van der Waals surface area contributed by atoms with Crippen LogP contribution in [0.2, 0.25) is 0 Å². The van der Waals surface area contributed by atoms with Gasteiger partial charge >= 0.3 is 0 Å². The first-order chi connectivity index (χ1) is 13.2. The fraction of sp³-hybridized carbons (Fsp3) is 0.278. The summed E-state index contributed by atoms with van der Waals surface area (Å²) in [6.07, 6.45) is 2.11. The zero-order valence-electron chi connectivity index (χ0n) is 14.7. The van der Waals surface area contributed by atoms with Gasteiger partial charge in [0.05, 0.1) is 6.54 Å². The Kier molecular flexibility index (Phi) is 3.59. The standard InChI is InChI=1S/C18H17FN8/c1-25(11-17-22-20-14-3-2-10-26(14)17)16-9-8-15-21-23-18(27(15)24-16)12-4-6-13(19)7-5-12/h4-9H,2-3,10-11H2,1H3. The molecule has 0 fully saturated rings. The van der Waals surface area contributed by atoms with Crippen molar-refractivity contribution in [3.05, 3.63) is 53.9 Å². The molecule has 1 aliphatic heterocycles. The third-order valence-electron chi connectivity index (χ3n) is 4.81. The van der Waals surface area contributed by atoms with Crippen LogP contribution in [-0.4, -0.2) is 41.6 Å². The Morgan fingerprint density at radius 3 is 2.74 bits per heavy atom. The van der Waals surface area contributed by atoms with Gasteiger partial charge in [-0.1, -0.05) is 0 Å². The van der Waals surface area contributed by atoms with Gasteiger partial charge in [0.25, 0.3) is 0 Å². The van der Waals surface area contributed by atoms with Gasteiger partial charge in [-0.05, 0) is 42.8 Å². The summed E-state index contributed by atoms with van der Waals surface area (Å²) >= 11 is 0. The first kappa shape index (κ1) is 15.9. The van der Waals surface area contributed by atoms with Crippen LogP contribution in [0, 0.1) is 5.82 Å². The zero-order chi connectivity index (χ0) is 18.4. The highest BCUT2D eigenvalue weighted by Crippen LogP contribution is 2.21. The first-order valence-corrected chi connectivity index (χ1v) is 8.79. The van der Waals surface area contributed by atoms with Gasteiger partial charge in [-0.15, -0.1) is 25.5 Å². The topological polar surface area (TPSA) is 77.0 Å². The summed E-state index contributed by atoms with van der Waals surface area (Å²) < 4.78 is 17.1. The average molecular weight is 364 g/mol. The number of hydrogen-bond donors (Lipinski definition) is 0. The lowest BCUT2D eigenvalue weighted by Gasteiger charge is -2.17. The lowest BCUT2D eigenvalue weighted by Crippen LogP contribution is -2.21. The molecule has 0 aliphatic carbocycles. The van der Waals surface area contributed by atoms with E-state index < -0.39 is 0 Å². The van der Waals surface area contributed by atoms with E-state index in [0.717, 1.165) is 42.4 Å². The molecule has 4 heterocycles. The second-order valence-electron chi connectivity index (χ2n) is 6.64. The highest BCUT2D eigenvalue weighted by molar-refractivity contribution is 5.59. The Balaban J connectivity index is 1.48. The molecule has 1 aliphatic rings. The maximum Gasteiger partial charge on any atom is 0.185 e. The molecule has 8 nitrogen and oxygen atoms in total. The van der Waals surface area contributed by atoms with E-state index in [1.807, 2.05) is 24.1 Å². The van der Waals surface area contributed by atoms with E-state index in [1.54, 1.807) is 16.6 Å². The maximum atomic E-state index is 13.2. The highest BCUT2D eigenvalue weighted by Gasteiger charge is 2.19. The second-order valence-corrected chi connectivity index (χ2v) is 6.64. The van der Waals surface area contributed by atoms with Gasteiger partial charge in [-0.25, -0.2) is 4.39 Å². The van der Waals surface area contributed by atoms with E-state index in [-0.39, 0.29) is 5.82 Å². The third-order valence-corrected chi connectivity index (χ3v) is 4.81. The predicted octanol–water partition coefficient (Wildman–Crippen LogP) is 2.10. The molecule has 5 rings (SSSR count). The van der Waals surface area contributed by atoms with Crippen molar-refractivity contribution in [3.63, 3.8) is 0 Å². The Hall–Kier alpha value is -3.36. The summed E-state index contributed by atoms with van der Waals surface area (Å²) in [5, 5.41) is 21.6. The molecule has 0 N–H and O–H groups in total. The van der Waals surface area contributed by atoms with Crippen LogP contribution in [0.25, 0.3) is 17.0 Å². The Bertz CT molecular complexity index is 1110. The fourth-order valence-corrected chi connectivity index (χ4v) is 3.38. The molecule has 0 saturated carbocycles. The minimum atomic E-state index is -0.290. The SMILES string of the molecule is CN(Cc1nnc2n1CCC2)c1ccc2nnc(-c3ccc(F)cc3)n2n1. The number of benzene rings is 1. The maximum absolute atomic E-state index is 13.2. The lowest BCUT2D eigenvalue weighted by atomic mass is 10.2. The summed E-state index contributed by atoms with van der Waals surface area (Å²) in [4.78, 5) is 2.02. The van der Waals surface area contributed by atoms with Crippen LogP contribution in [-0.2, 0) is 19.5 Å². The predicted molar refractivity (Wildman–Crippen MR) is 96.6 cm³/mol. The smallest absolute Gasteiger partial charge is 0.185 e. The summed E-state index contributed by atoms with van der Waals surface area (Å²) in [5.74, 6) is 3.04. The molecule has 0 bridgehead atoms. The van der Waals surface area contributed by atoms with Crippen LogP contribution in [0.1, 0.15) is 18.1 Å². The van der Waals surface area contributed by atoms with E-state index >= 15 is 0 Å². The van der Waals surface area contributed by atoms with Crippen molar-refractivity contribution in [2.75, 3.05) is 11.9 Å². The Morgan fingerprint density at radius 2 is 1.89 bits per heavy atom. The Morgan fingerprint density at radius 1 is 1.04 bits per heavy atom. The fourth-order valence-electron chi connectivity index (χ4n) is 3.38. The molecule has 9 heteroatoms. The number of aryl methyl sites for hydroxylation is 1. The molecule has 0 saturated heterocycles. The number of hydrogen-bond acceptors (Lipinski definition) is 6. The summed E-state index contributed by atoms with van der Waals surface area (Å²) in [6.45, 7) is 1.58. The normalized spacial score (nSPS) is 13.3. The molecule has 4 aromatic rings. The summed E-state index contributed by atoms with van der Waals surface area (Å²) in [5.41, 5.74) is 1.39. The van der Waals surface area contributed by atoms with E-state index in [0.29, 0.717) is 18.0 Å². The van der Waals surface area contributed by atoms with E-state index in [9.17, 15) is 4.39 Å².